The van der Waals surface area contributed by atoms with E-state index >= 15 is 0 Å². The number of carbonyl (C=O) groups is 1. The van der Waals surface area contributed by atoms with Crippen LogP contribution in [0.5, 0.6) is 0 Å². The van der Waals surface area contributed by atoms with Gasteiger partial charge in [0.05, 0.1) is 0 Å². The lowest BCUT2D eigenvalue weighted by molar-refractivity contribution is 0.0970. The number of aromatic nitrogens is 1. The summed E-state index contributed by atoms with van der Waals surface area (Å²) in [5.74, 6) is -0.0482. The molecule has 1 aromatic carbocycles. The molecule has 0 bridgehead atoms. The molecule has 2 nitrogen and oxygen atoms in total. The van der Waals surface area contributed by atoms with Gasteiger partial charge in [-0.3, -0.25) is 9.36 Å². The molecule has 0 aliphatic heterocycles. The van der Waals surface area contributed by atoms with E-state index in [9.17, 15) is 4.79 Å². The van der Waals surface area contributed by atoms with Crippen molar-refractivity contribution in [3.63, 3.8) is 0 Å². The first kappa shape index (κ1) is 10.9. The van der Waals surface area contributed by atoms with E-state index < -0.39 is 0 Å². The molecule has 1 aromatic heterocycles. The van der Waals surface area contributed by atoms with Crippen LogP contribution in [0.4, 0.5) is 0 Å². The fraction of sp³-hybridized carbons (Fsp3) is 0. The third kappa shape index (κ3) is 2.70. The first-order chi connectivity index (χ1) is 7.75. The first-order valence-electron chi connectivity index (χ1n) is 4.87. The molecule has 0 saturated carbocycles. The molecule has 80 valence electrons. The fourth-order valence-corrected chi connectivity index (χ4v) is 1.57. The van der Waals surface area contributed by atoms with Gasteiger partial charge in [0.15, 0.2) is 0 Å². The third-order valence-corrected chi connectivity index (χ3v) is 2.68. The van der Waals surface area contributed by atoms with Gasteiger partial charge in [0, 0.05) is 22.9 Å². The second-order valence-electron chi connectivity index (χ2n) is 3.31. The molecule has 0 radical (unpaired) electrons. The molecule has 0 aliphatic rings. The zero-order chi connectivity index (χ0) is 11.4. The predicted molar refractivity (Wildman–Crippen MR) is 68.2 cm³/mol. The molecule has 0 unspecified atom stereocenters. The summed E-state index contributed by atoms with van der Waals surface area (Å²) in [6.45, 7) is 0. The second-order valence-corrected chi connectivity index (χ2v) is 4.23. The van der Waals surface area contributed by atoms with Crippen molar-refractivity contribution in [3.05, 3.63) is 64.9 Å². The van der Waals surface area contributed by atoms with Gasteiger partial charge < -0.3 is 0 Å². The molecule has 0 atom stereocenters. The SMILES string of the molecule is O=C(/C=C/c1ccc(Br)cc1)n1cccc1. The van der Waals surface area contributed by atoms with Gasteiger partial charge in [0.2, 0.25) is 0 Å². The van der Waals surface area contributed by atoms with Crippen molar-refractivity contribution in [1.82, 2.24) is 4.57 Å². The number of rotatable bonds is 2. The van der Waals surface area contributed by atoms with Crippen LogP contribution in [-0.4, -0.2) is 10.5 Å². The van der Waals surface area contributed by atoms with Gasteiger partial charge >= 0.3 is 0 Å². The Kier molecular flexibility index (Phi) is 3.37. The fourth-order valence-electron chi connectivity index (χ4n) is 1.31. The van der Waals surface area contributed by atoms with Crippen molar-refractivity contribution >= 4 is 27.9 Å². The molecule has 0 aliphatic carbocycles. The zero-order valence-electron chi connectivity index (χ0n) is 8.51. The molecule has 0 amide bonds. The van der Waals surface area contributed by atoms with Gasteiger partial charge in [0.25, 0.3) is 5.91 Å². The van der Waals surface area contributed by atoms with Gasteiger partial charge in [-0.25, -0.2) is 0 Å². The number of hydrogen-bond donors (Lipinski definition) is 0. The highest BCUT2D eigenvalue weighted by Crippen LogP contribution is 2.11. The van der Waals surface area contributed by atoms with E-state index in [2.05, 4.69) is 15.9 Å². The van der Waals surface area contributed by atoms with Crippen LogP contribution in [0.2, 0.25) is 0 Å². The Bertz CT molecular complexity index is 497. The van der Waals surface area contributed by atoms with E-state index in [1.165, 1.54) is 4.57 Å². The molecule has 0 fully saturated rings. The summed E-state index contributed by atoms with van der Waals surface area (Å²) in [7, 11) is 0. The van der Waals surface area contributed by atoms with Crippen molar-refractivity contribution in [2.45, 2.75) is 0 Å². The topological polar surface area (TPSA) is 22.0 Å². The smallest absolute Gasteiger partial charge is 0.254 e. The summed E-state index contributed by atoms with van der Waals surface area (Å²) in [5, 5.41) is 0. The Morgan fingerprint density at radius 2 is 1.75 bits per heavy atom. The predicted octanol–water partition coefficient (Wildman–Crippen LogP) is 3.60. The van der Waals surface area contributed by atoms with Crippen LogP contribution in [0, 0.1) is 0 Å². The maximum Gasteiger partial charge on any atom is 0.254 e. The average molecular weight is 276 g/mol. The highest BCUT2D eigenvalue weighted by atomic mass is 79.9. The Morgan fingerprint density at radius 1 is 1.12 bits per heavy atom. The van der Waals surface area contributed by atoms with E-state index in [4.69, 9.17) is 0 Å². The van der Waals surface area contributed by atoms with Gasteiger partial charge in [-0.1, -0.05) is 28.1 Å². The Hall–Kier alpha value is -1.61. The van der Waals surface area contributed by atoms with Gasteiger partial charge in [-0.2, -0.15) is 0 Å². The van der Waals surface area contributed by atoms with Crippen LogP contribution in [0.3, 0.4) is 0 Å². The number of allylic oxidation sites excluding steroid dienone is 1. The maximum atomic E-state index is 11.6. The minimum absolute atomic E-state index is 0.0482. The standard InChI is InChI=1S/C13H10BrNO/c14-12-6-3-11(4-7-12)5-8-13(16)15-9-1-2-10-15/h1-10H/b8-5+. The molecule has 16 heavy (non-hydrogen) atoms. The van der Waals surface area contributed by atoms with Crippen molar-refractivity contribution in [2.24, 2.45) is 0 Å². The summed E-state index contributed by atoms with van der Waals surface area (Å²) in [6.07, 6.45) is 6.82. The lowest BCUT2D eigenvalue weighted by Gasteiger charge is -1.95. The first-order valence-corrected chi connectivity index (χ1v) is 5.66. The number of hydrogen-bond acceptors (Lipinski definition) is 1. The Morgan fingerprint density at radius 3 is 2.38 bits per heavy atom. The van der Waals surface area contributed by atoms with Gasteiger partial charge in [-0.15, -0.1) is 0 Å². The van der Waals surface area contributed by atoms with Crippen LogP contribution < -0.4 is 0 Å². The van der Waals surface area contributed by atoms with E-state index in [0.717, 1.165) is 10.0 Å². The maximum absolute atomic E-state index is 11.6. The van der Waals surface area contributed by atoms with E-state index in [0.29, 0.717) is 0 Å². The van der Waals surface area contributed by atoms with Crippen molar-refractivity contribution in [2.75, 3.05) is 0 Å². The summed E-state index contributed by atoms with van der Waals surface area (Å²) in [5.41, 5.74) is 1.00. The molecule has 0 saturated heterocycles. The lowest BCUT2D eigenvalue weighted by Crippen LogP contribution is -2.03. The number of carbonyl (C=O) groups excluding carboxylic acids is 1. The van der Waals surface area contributed by atoms with Crippen LogP contribution in [0.15, 0.2) is 59.3 Å². The Balaban J connectivity index is 2.10. The summed E-state index contributed by atoms with van der Waals surface area (Å²) < 4.78 is 2.57. The van der Waals surface area contributed by atoms with Crippen LogP contribution >= 0.6 is 15.9 Å². The van der Waals surface area contributed by atoms with Crippen LogP contribution in [-0.2, 0) is 0 Å². The van der Waals surface area contributed by atoms with Crippen molar-refractivity contribution in [1.29, 1.82) is 0 Å². The van der Waals surface area contributed by atoms with Crippen molar-refractivity contribution in [3.8, 4) is 0 Å². The quantitative estimate of drug-likeness (QED) is 0.768. The van der Waals surface area contributed by atoms with E-state index in [1.807, 2.05) is 36.4 Å². The van der Waals surface area contributed by atoms with Crippen LogP contribution in [0.1, 0.15) is 10.4 Å². The molecule has 1 heterocycles. The van der Waals surface area contributed by atoms with E-state index in [-0.39, 0.29) is 5.91 Å². The molecule has 0 spiro atoms. The highest BCUT2D eigenvalue weighted by molar-refractivity contribution is 9.10. The Labute approximate surface area is 102 Å². The molecule has 2 aromatic rings. The van der Waals surface area contributed by atoms with Crippen LogP contribution in [0.25, 0.3) is 6.08 Å². The molecular weight excluding hydrogens is 266 g/mol. The monoisotopic (exact) mass is 275 g/mol. The molecule has 2 rings (SSSR count). The summed E-state index contributed by atoms with van der Waals surface area (Å²) in [4.78, 5) is 11.6. The summed E-state index contributed by atoms with van der Waals surface area (Å²) in [6, 6.07) is 11.4. The van der Waals surface area contributed by atoms with Gasteiger partial charge in [-0.05, 0) is 35.9 Å². The number of benzene rings is 1. The number of nitrogens with zero attached hydrogens (tertiary/aromatic N) is 1. The minimum Gasteiger partial charge on any atom is -0.291 e. The minimum atomic E-state index is -0.0482. The average Bonchev–Trinajstić information content (AvgIpc) is 2.81. The molecular formula is C13H10BrNO. The van der Waals surface area contributed by atoms with Gasteiger partial charge in [0.1, 0.15) is 0 Å². The molecule has 3 heteroatoms. The van der Waals surface area contributed by atoms with Crippen molar-refractivity contribution < 1.29 is 4.79 Å². The second kappa shape index (κ2) is 4.94. The summed E-state index contributed by atoms with van der Waals surface area (Å²) >= 11 is 3.36. The zero-order valence-corrected chi connectivity index (χ0v) is 10.1. The molecule has 0 N–H and O–H groups in total. The van der Waals surface area contributed by atoms with E-state index in [1.54, 1.807) is 24.5 Å². The largest absolute Gasteiger partial charge is 0.291 e. The lowest BCUT2D eigenvalue weighted by atomic mass is 10.2. The number of halogens is 1. The normalized spacial score (nSPS) is 10.8. The highest BCUT2D eigenvalue weighted by Gasteiger charge is 1.96. The third-order valence-electron chi connectivity index (χ3n) is 2.15.